The molecule has 0 atom stereocenters. The lowest BCUT2D eigenvalue weighted by Crippen LogP contribution is -2.32. The highest BCUT2D eigenvalue weighted by atomic mass is 16.6. The molecular formula is C23H30N2O5. The topological polar surface area (TPSA) is 85.9 Å². The fourth-order valence-electron chi connectivity index (χ4n) is 2.50. The van der Waals surface area contributed by atoms with Gasteiger partial charge in [0.1, 0.15) is 23.7 Å². The van der Waals surface area contributed by atoms with Crippen molar-refractivity contribution in [3.05, 3.63) is 59.7 Å². The van der Waals surface area contributed by atoms with Crippen molar-refractivity contribution in [2.75, 3.05) is 19.8 Å². The Hall–Kier alpha value is -3.22. The number of carbonyl (C=O) groups excluding carboxylic acids is 2. The van der Waals surface area contributed by atoms with Crippen LogP contribution in [0, 0.1) is 0 Å². The summed E-state index contributed by atoms with van der Waals surface area (Å²) in [6, 6.07) is 14.4. The van der Waals surface area contributed by atoms with Crippen LogP contribution < -0.4 is 20.1 Å². The highest BCUT2D eigenvalue weighted by molar-refractivity contribution is 5.94. The minimum atomic E-state index is -0.539. The SMILES string of the molecule is CCOc1ccc(OCCNC(=O)c2ccc(CNC(=O)OC(C)(C)C)cc2)cc1. The largest absolute Gasteiger partial charge is 0.494 e. The number of nitrogens with one attached hydrogen (secondary N) is 2. The van der Waals surface area contributed by atoms with Gasteiger partial charge in [-0.2, -0.15) is 0 Å². The van der Waals surface area contributed by atoms with Gasteiger partial charge in [0.2, 0.25) is 0 Å². The van der Waals surface area contributed by atoms with Gasteiger partial charge in [-0.3, -0.25) is 4.79 Å². The summed E-state index contributed by atoms with van der Waals surface area (Å²) in [4.78, 5) is 23.9. The molecule has 7 heteroatoms. The molecule has 30 heavy (non-hydrogen) atoms. The van der Waals surface area contributed by atoms with Crippen LogP contribution in [0.25, 0.3) is 0 Å². The van der Waals surface area contributed by atoms with Crippen LogP contribution in [0.5, 0.6) is 11.5 Å². The van der Waals surface area contributed by atoms with E-state index >= 15 is 0 Å². The number of rotatable bonds is 9. The van der Waals surface area contributed by atoms with Crippen LogP contribution in [0.2, 0.25) is 0 Å². The third kappa shape index (κ3) is 8.43. The molecule has 0 saturated heterocycles. The summed E-state index contributed by atoms with van der Waals surface area (Å²) < 4.78 is 16.2. The van der Waals surface area contributed by atoms with Gasteiger partial charge in [0.05, 0.1) is 13.2 Å². The predicted octanol–water partition coefficient (Wildman–Crippen LogP) is 3.92. The van der Waals surface area contributed by atoms with Gasteiger partial charge in [0, 0.05) is 12.1 Å². The molecule has 0 bridgehead atoms. The lowest BCUT2D eigenvalue weighted by molar-refractivity contribution is 0.0523. The summed E-state index contributed by atoms with van der Waals surface area (Å²) in [5.41, 5.74) is 0.871. The second-order valence-corrected chi connectivity index (χ2v) is 7.56. The maximum Gasteiger partial charge on any atom is 0.407 e. The first-order chi connectivity index (χ1) is 14.3. The highest BCUT2D eigenvalue weighted by Gasteiger charge is 2.15. The van der Waals surface area contributed by atoms with Crippen molar-refractivity contribution in [1.29, 1.82) is 0 Å². The maximum absolute atomic E-state index is 12.2. The Balaban J connectivity index is 1.70. The van der Waals surface area contributed by atoms with E-state index in [2.05, 4.69) is 10.6 Å². The molecule has 0 aliphatic carbocycles. The predicted molar refractivity (Wildman–Crippen MR) is 115 cm³/mol. The molecule has 0 unspecified atom stereocenters. The lowest BCUT2D eigenvalue weighted by Gasteiger charge is -2.19. The Morgan fingerprint density at radius 1 is 0.867 bits per heavy atom. The van der Waals surface area contributed by atoms with Crippen molar-refractivity contribution < 1.29 is 23.8 Å². The standard InChI is InChI=1S/C23H30N2O5/c1-5-28-19-10-12-20(13-11-19)29-15-14-24-21(26)18-8-6-17(7-9-18)16-25-22(27)30-23(2,3)4/h6-13H,5,14-16H2,1-4H3,(H,24,26)(H,25,27). The first kappa shape index (κ1) is 23.1. The molecule has 2 amide bonds. The van der Waals surface area contributed by atoms with Crippen LogP contribution in [-0.4, -0.2) is 37.4 Å². The van der Waals surface area contributed by atoms with Gasteiger partial charge in [0.15, 0.2) is 0 Å². The molecule has 0 aliphatic rings. The highest BCUT2D eigenvalue weighted by Crippen LogP contribution is 2.17. The van der Waals surface area contributed by atoms with Crippen molar-refractivity contribution in [3.8, 4) is 11.5 Å². The molecule has 0 heterocycles. The van der Waals surface area contributed by atoms with E-state index in [1.54, 1.807) is 24.3 Å². The van der Waals surface area contributed by atoms with Crippen LogP contribution in [0.1, 0.15) is 43.6 Å². The summed E-state index contributed by atoms with van der Waals surface area (Å²) in [7, 11) is 0. The molecule has 2 aromatic carbocycles. The summed E-state index contributed by atoms with van der Waals surface area (Å²) in [5, 5.41) is 5.50. The maximum atomic E-state index is 12.2. The Kier molecular flexibility index (Phi) is 8.53. The minimum absolute atomic E-state index is 0.183. The first-order valence-corrected chi connectivity index (χ1v) is 9.96. The number of ether oxygens (including phenoxy) is 3. The van der Waals surface area contributed by atoms with E-state index < -0.39 is 11.7 Å². The van der Waals surface area contributed by atoms with Gasteiger partial charge >= 0.3 is 6.09 Å². The van der Waals surface area contributed by atoms with Crippen LogP contribution in [0.3, 0.4) is 0 Å². The van der Waals surface area contributed by atoms with E-state index in [9.17, 15) is 9.59 Å². The molecule has 2 rings (SSSR count). The van der Waals surface area contributed by atoms with E-state index in [-0.39, 0.29) is 5.91 Å². The van der Waals surface area contributed by atoms with Crippen molar-refractivity contribution in [1.82, 2.24) is 10.6 Å². The van der Waals surface area contributed by atoms with Crippen LogP contribution in [-0.2, 0) is 11.3 Å². The fraction of sp³-hybridized carbons (Fsp3) is 0.391. The molecule has 0 fully saturated rings. The quantitative estimate of drug-likeness (QED) is 0.608. The monoisotopic (exact) mass is 414 g/mol. The third-order valence-corrected chi connectivity index (χ3v) is 3.84. The van der Waals surface area contributed by atoms with Gasteiger partial charge in [-0.1, -0.05) is 12.1 Å². The Bertz CT molecular complexity index is 811. The van der Waals surface area contributed by atoms with E-state index in [1.165, 1.54) is 0 Å². The molecule has 0 spiro atoms. The van der Waals surface area contributed by atoms with Gasteiger partial charge in [0.25, 0.3) is 5.91 Å². The van der Waals surface area contributed by atoms with Crippen molar-refractivity contribution >= 4 is 12.0 Å². The third-order valence-electron chi connectivity index (χ3n) is 3.84. The summed E-state index contributed by atoms with van der Waals surface area (Å²) in [6.45, 7) is 9.04. The second-order valence-electron chi connectivity index (χ2n) is 7.56. The van der Waals surface area contributed by atoms with Crippen molar-refractivity contribution in [2.24, 2.45) is 0 Å². The van der Waals surface area contributed by atoms with Gasteiger partial charge in [-0.05, 0) is 69.7 Å². The van der Waals surface area contributed by atoms with Gasteiger partial charge in [-0.25, -0.2) is 4.79 Å². The van der Waals surface area contributed by atoms with Crippen LogP contribution >= 0.6 is 0 Å². The molecule has 0 radical (unpaired) electrons. The van der Waals surface area contributed by atoms with Gasteiger partial charge < -0.3 is 24.8 Å². The molecule has 0 aromatic heterocycles. The summed E-state index contributed by atoms with van der Waals surface area (Å²) in [5.74, 6) is 1.33. The molecular weight excluding hydrogens is 384 g/mol. The van der Waals surface area contributed by atoms with E-state index in [0.29, 0.717) is 31.9 Å². The van der Waals surface area contributed by atoms with E-state index in [0.717, 1.165) is 17.1 Å². The number of alkyl carbamates (subject to hydrolysis) is 1. The number of carbonyl (C=O) groups is 2. The van der Waals surface area contributed by atoms with Crippen molar-refractivity contribution in [2.45, 2.75) is 39.8 Å². The zero-order chi connectivity index (χ0) is 22.0. The average Bonchev–Trinajstić information content (AvgIpc) is 2.70. The van der Waals surface area contributed by atoms with E-state index in [4.69, 9.17) is 14.2 Å². The molecule has 2 aromatic rings. The normalized spacial score (nSPS) is 10.8. The molecule has 2 N–H and O–H groups in total. The Morgan fingerprint density at radius 2 is 1.47 bits per heavy atom. The number of hydrogen-bond donors (Lipinski definition) is 2. The first-order valence-electron chi connectivity index (χ1n) is 9.96. The van der Waals surface area contributed by atoms with Crippen LogP contribution in [0.4, 0.5) is 4.79 Å². The Morgan fingerprint density at radius 3 is 2.03 bits per heavy atom. The number of hydrogen-bond acceptors (Lipinski definition) is 5. The molecule has 162 valence electrons. The Labute approximate surface area is 177 Å². The van der Waals surface area contributed by atoms with E-state index in [1.807, 2.05) is 52.0 Å². The zero-order valence-corrected chi connectivity index (χ0v) is 18.0. The van der Waals surface area contributed by atoms with Crippen LogP contribution in [0.15, 0.2) is 48.5 Å². The number of amides is 2. The minimum Gasteiger partial charge on any atom is -0.494 e. The van der Waals surface area contributed by atoms with Crippen molar-refractivity contribution in [3.63, 3.8) is 0 Å². The smallest absolute Gasteiger partial charge is 0.407 e. The average molecular weight is 415 g/mol. The lowest BCUT2D eigenvalue weighted by atomic mass is 10.1. The summed E-state index contributed by atoms with van der Waals surface area (Å²) in [6.07, 6.45) is -0.475. The fourth-order valence-corrected chi connectivity index (χ4v) is 2.50. The molecule has 7 nitrogen and oxygen atoms in total. The summed E-state index contributed by atoms with van der Waals surface area (Å²) >= 11 is 0. The molecule has 0 saturated carbocycles. The zero-order valence-electron chi connectivity index (χ0n) is 18.0. The second kappa shape index (κ2) is 11.1. The molecule has 0 aliphatic heterocycles. The number of benzene rings is 2. The van der Waals surface area contributed by atoms with Gasteiger partial charge in [-0.15, -0.1) is 0 Å².